The van der Waals surface area contributed by atoms with Gasteiger partial charge in [0.1, 0.15) is 5.78 Å². The summed E-state index contributed by atoms with van der Waals surface area (Å²) in [4.78, 5) is 24.2. The fourth-order valence-corrected chi connectivity index (χ4v) is 4.17. The zero-order chi connectivity index (χ0) is 21.1. The number of carbonyl (C=O) groups excluding carboxylic acids is 1. The van der Waals surface area contributed by atoms with Crippen LogP contribution in [-0.4, -0.2) is 40.6 Å². The number of likely N-dealkylation sites (tertiary alicyclic amines) is 1. The van der Waals surface area contributed by atoms with E-state index in [9.17, 15) is 4.79 Å². The SMILES string of the molecule is CCC(=O)C(CCN1CCCCC1)(c1ccccc1)c1ccccc1.O=[N+]([O-])O. The Labute approximate surface area is 172 Å². The number of hydrogen-bond acceptors (Lipinski definition) is 4. The van der Waals surface area contributed by atoms with Gasteiger partial charge in [-0.2, -0.15) is 0 Å². The first-order chi connectivity index (χ1) is 14.0. The van der Waals surface area contributed by atoms with Crippen LogP contribution in [0.4, 0.5) is 0 Å². The normalized spacial score (nSPS) is 14.5. The van der Waals surface area contributed by atoms with Gasteiger partial charge in [-0.25, -0.2) is 0 Å². The highest BCUT2D eigenvalue weighted by Crippen LogP contribution is 2.38. The predicted molar refractivity (Wildman–Crippen MR) is 113 cm³/mol. The van der Waals surface area contributed by atoms with E-state index in [1.54, 1.807) is 0 Å². The van der Waals surface area contributed by atoms with E-state index in [0.717, 1.165) is 24.1 Å². The summed E-state index contributed by atoms with van der Waals surface area (Å²) in [5.41, 5.74) is 1.73. The molecule has 0 amide bonds. The van der Waals surface area contributed by atoms with E-state index in [0.29, 0.717) is 12.2 Å². The van der Waals surface area contributed by atoms with Crippen molar-refractivity contribution < 1.29 is 15.1 Å². The minimum atomic E-state index is -1.50. The topological polar surface area (TPSA) is 83.7 Å². The molecular formula is C23H30N2O4. The van der Waals surface area contributed by atoms with Gasteiger partial charge in [-0.3, -0.25) is 4.79 Å². The van der Waals surface area contributed by atoms with Crippen LogP contribution in [-0.2, 0) is 10.2 Å². The first-order valence-corrected chi connectivity index (χ1v) is 10.2. The monoisotopic (exact) mass is 398 g/mol. The van der Waals surface area contributed by atoms with Gasteiger partial charge in [0, 0.05) is 6.42 Å². The highest BCUT2D eigenvalue weighted by atomic mass is 16.9. The third-order valence-electron chi connectivity index (χ3n) is 5.58. The Balaban J connectivity index is 0.000000687. The summed E-state index contributed by atoms with van der Waals surface area (Å²) in [6.45, 7) is 5.30. The van der Waals surface area contributed by atoms with Gasteiger partial charge in [0.2, 0.25) is 0 Å². The van der Waals surface area contributed by atoms with Crippen LogP contribution in [0, 0.1) is 10.1 Å². The standard InChI is InChI=1S/C23H29NO.HNO3/c1-2-22(25)23(20-12-6-3-7-13-20,21-14-8-4-9-15-21)16-19-24-17-10-5-11-18-24;2-1(3)4/h3-4,6-9,12-15H,2,5,10-11,16-19H2,1H3;(H,2,3,4). The van der Waals surface area contributed by atoms with E-state index < -0.39 is 10.5 Å². The molecule has 1 fully saturated rings. The summed E-state index contributed by atoms with van der Waals surface area (Å²) in [6, 6.07) is 20.8. The average molecular weight is 399 g/mol. The second-order valence-electron chi connectivity index (χ2n) is 7.30. The van der Waals surface area contributed by atoms with Gasteiger partial charge in [0.15, 0.2) is 0 Å². The highest BCUT2D eigenvalue weighted by Gasteiger charge is 2.40. The third-order valence-corrected chi connectivity index (χ3v) is 5.58. The number of piperidine rings is 1. The molecule has 1 N–H and O–H groups in total. The van der Waals surface area contributed by atoms with Crippen LogP contribution in [0.5, 0.6) is 0 Å². The summed E-state index contributed by atoms with van der Waals surface area (Å²) in [6.07, 6.45) is 5.32. The van der Waals surface area contributed by atoms with Gasteiger partial charge in [0.05, 0.1) is 5.41 Å². The summed E-state index contributed by atoms with van der Waals surface area (Å²) in [7, 11) is 0. The van der Waals surface area contributed by atoms with Crippen LogP contribution < -0.4 is 0 Å². The van der Waals surface area contributed by atoms with Gasteiger partial charge < -0.3 is 10.1 Å². The smallest absolute Gasteiger partial charge is 0.291 e. The maximum absolute atomic E-state index is 13.3. The number of Topliss-reactive ketones (excluding diaryl/α,β-unsaturated/α-hetero) is 1. The molecule has 0 aliphatic carbocycles. The summed E-state index contributed by atoms with van der Waals surface area (Å²) in [5, 5.41) is 13.6. The van der Waals surface area contributed by atoms with Crippen molar-refractivity contribution in [2.24, 2.45) is 0 Å². The van der Waals surface area contributed by atoms with E-state index in [1.807, 2.05) is 19.1 Å². The Morgan fingerprint density at radius 1 is 1.00 bits per heavy atom. The molecule has 0 radical (unpaired) electrons. The third kappa shape index (κ3) is 6.12. The first-order valence-electron chi connectivity index (χ1n) is 10.2. The molecule has 156 valence electrons. The maximum Gasteiger partial charge on any atom is 0.291 e. The lowest BCUT2D eigenvalue weighted by Crippen LogP contribution is -2.41. The van der Waals surface area contributed by atoms with Gasteiger partial charge in [-0.1, -0.05) is 74.0 Å². The molecule has 0 spiro atoms. The number of hydrogen-bond donors (Lipinski definition) is 1. The van der Waals surface area contributed by atoms with Crippen molar-refractivity contribution in [1.82, 2.24) is 4.90 Å². The number of rotatable bonds is 7. The second kappa shape index (κ2) is 11.3. The Morgan fingerprint density at radius 3 is 1.86 bits per heavy atom. The van der Waals surface area contributed by atoms with Crippen molar-refractivity contribution in [3.05, 3.63) is 81.9 Å². The van der Waals surface area contributed by atoms with E-state index in [4.69, 9.17) is 15.3 Å². The molecule has 6 nitrogen and oxygen atoms in total. The molecule has 0 saturated carbocycles. The van der Waals surface area contributed by atoms with Gasteiger partial charge in [0.25, 0.3) is 5.09 Å². The summed E-state index contributed by atoms with van der Waals surface area (Å²) < 4.78 is 0. The van der Waals surface area contributed by atoms with Crippen LogP contribution in [0.2, 0.25) is 0 Å². The molecule has 1 saturated heterocycles. The molecule has 6 heteroatoms. The molecule has 0 atom stereocenters. The van der Waals surface area contributed by atoms with Crippen molar-refractivity contribution in [2.45, 2.75) is 44.4 Å². The van der Waals surface area contributed by atoms with Gasteiger partial charge >= 0.3 is 0 Å². The lowest BCUT2D eigenvalue weighted by molar-refractivity contribution is -0.742. The molecule has 2 aromatic rings. The number of carbonyl (C=O) groups is 1. The summed E-state index contributed by atoms with van der Waals surface area (Å²) >= 11 is 0. The summed E-state index contributed by atoms with van der Waals surface area (Å²) in [5.74, 6) is 0.321. The Morgan fingerprint density at radius 2 is 1.45 bits per heavy atom. The zero-order valence-electron chi connectivity index (χ0n) is 17.0. The molecule has 1 heterocycles. The molecule has 2 aromatic carbocycles. The molecule has 1 aliphatic heterocycles. The molecule has 3 rings (SSSR count). The molecule has 0 unspecified atom stereocenters. The van der Waals surface area contributed by atoms with E-state index in [-0.39, 0.29) is 0 Å². The molecule has 1 aliphatic rings. The molecule has 0 bridgehead atoms. The fourth-order valence-electron chi connectivity index (χ4n) is 4.17. The Hall–Kier alpha value is -2.73. The molecular weight excluding hydrogens is 368 g/mol. The molecule has 29 heavy (non-hydrogen) atoms. The molecule has 0 aromatic heterocycles. The van der Waals surface area contributed by atoms with Crippen LogP contribution in [0.1, 0.15) is 50.2 Å². The van der Waals surface area contributed by atoms with E-state index >= 15 is 0 Å². The van der Waals surface area contributed by atoms with Crippen LogP contribution >= 0.6 is 0 Å². The number of nitrogens with zero attached hydrogens (tertiary/aromatic N) is 2. The minimum Gasteiger partial charge on any atom is -0.328 e. The fraction of sp³-hybridized carbons (Fsp3) is 0.435. The van der Waals surface area contributed by atoms with E-state index in [2.05, 4.69) is 53.4 Å². The zero-order valence-corrected chi connectivity index (χ0v) is 17.0. The average Bonchev–Trinajstić information content (AvgIpc) is 2.76. The van der Waals surface area contributed by atoms with Gasteiger partial charge in [-0.15, -0.1) is 10.1 Å². The highest BCUT2D eigenvalue weighted by molar-refractivity contribution is 5.93. The van der Waals surface area contributed by atoms with Crippen LogP contribution in [0.3, 0.4) is 0 Å². The second-order valence-corrected chi connectivity index (χ2v) is 7.30. The quantitative estimate of drug-likeness (QED) is 0.549. The largest absolute Gasteiger partial charge is 0.328 e. The Kier molecular flexibility index (Phi) is 8.80. The van der Waals surface area contributed by atoms with Crippen LogP contribution in [0.25, 0.3) is 0 Å². The van der Waals surface area contributed by atoms with Crippen LogP contribution in [0.15, 0.2) is 60.7 Å². The van der Waals surface area contributed by atoms with Gasteiger partial charge in [-0.05, 0) is 50.0 Å². The van der Waals surface area contributed by atoms with Crippen molar-refractivity contribution in [1.29, 1.82) is 0 Å². The predicted octanol–water partition coefficient (Wildman–Crippen LogP) is 4.48. The van der Waals surface area contributed by atoms with E-state index in [1.165, 1.54) is 32.4 Å². The van der Waals surface area contributed by atoms with Crippen molar-refractivity contribution >= 4 is 5.78 Å². The lowest BCUT2D eigenvalue weighted by Gasteiger charge is -2.36. The number of benzene rings is 2. The van der Waals surface area contributed by atoms with Crippen molar-refractivity contribution in [3.8, 4) is 0 Å². The minimum absolute atomic E-state index is 0.321. The van der Waals surface area contributed by atoms with Crippen molar-refractivity contribution in [2.75, 3.05) is 19.6 Å². The Bertz CT molecular complexity index is 715. The maximum atomic E-state index is 13.3. The number of ketones is 1. The lowest BCUT2D eigenvalue weighted by atomic mass is 9.68. The van der Waals surface area contributed by atoms with Crippen molar-refractivity contribution in [3.63, 3.8) is 0 Å². The first kappa shape index (κ1) is 22.6.